The van der Waals surface area contributed by atoms with Crippen molar-refractivity contribution in [3.8, 4) is 0 Å². The Hall–Kier alpha value is -0.410. The van der Waals surface area contributed by atoms with Gasteiger partial charge in [-0.2, -0.15) is 0 Å². The Labute approximate surface area is 93.5 Å². The summed E-state index contributed by atoms with van der Waals surface area (Å²) < 4.78 is 0. The fraction of sp³-hybridized carbons (Fsp3) is 0.545. The molecule has 3 heteroatoms. The number of nitrogens with zero attached hydrogens (tertiary/aromatic N) is 2. The van der Waals surface area contributed by atoms with Crippen LogP contribution in [0.4, 0.5) is 0 Å². The lowest BCUT2D eigenvalue weighted by Crippen LogP contribution is -2.20. The zero-order chi connectivity index (χ0) is 9.97. The Morgan fingerprint density at radius 2 is 2.43 bits per heavy atom. The van der Waals surface area contributed by atoms with E-state index < -0.39 is 0 Å². The predicted octanol–water partition coefficient (Wildman–Crippen LogP) is 2.36. The van der Waals surface area contributed by atoms with Crippen LogP contribution in [0.25, 0.3) is 0 Å². The molecule has 0 spiro atoms. The van der Waals surface area contributed by atoms with E-state index in [1.54, 1.807) is 0 Å². The van der Waals surface area contributed by atoms with Crippen molar-refractivity contribution in [1.82, 2.24) is 9.88 Å². The molecule has 2 rings (SSSR count). The average Bonchev–Trinajstić information content (AvgIpc) is 2.51. The van der Waals surface area contributed by atoms with Crippen molar-refractivity contribution in [3.05, 3.63) is 29.6 Å². The van der Waals surface area contributed by atoms with Crippen LogP contribution in [0.1, 0.15) is 17.5 Å². The van der Waals surface area contributed by atoms with E-state index >= 15 is 0 Å². The van der Waals surface area contributed by atoms with Gasteiger partial charge in [0.25, 0.3) is 0 Å². The first-order valence-electron chi connectivity index (χ1n) is 5.01. The SMILES string of the molecule is Cc1cncc(CN2CCC(Br)C2)c1. The third kappa shape index (κ3) is 2.55. The molecule has 0 aliphatic carbocycles. The molecule has 0 amide bonds. The van der Waals surface area contributed by atoms with Gasteiger partial charge in [-0.1, -0.05) is 22.0 Å². The van der Waals surface area contributed by atoms with Crippen LogP contribution in [0.5, 0.6) is 0 Å². The predicted molar refractivity (Wildman–Crippen MR) is 61.6 cm³/mol. The van der Waals surface area contributed by atoms with Crippen LogP contribution >= 0.6 is 15.9 Å². The van der Waals surface area contributed by atoms with E-state index in [9.17, 15) is 0 Å². The second-order valence-electron chi connectivity index (χ2n) is 3.99. The average molecular weight is 255 g/mol. The summed E-state index contributed by atoms with van der Waals surface area (Å²) >= 11 is 3.65. The maximum absolute atomic E-state index is 4.21. The highest BCUT2D eigenvalue weighted by Crippen LogP contribution is 2.18. The molecule has 1 fully saturated rings. The standard InChI is InChI=1S/C11H15BrN2/c1-9-4-10(6-13-5-9)7-14-3-2-11(12)8-14/h4-6,11H,2-3,7-8H2,1H3. The molecule has 1 aromatic rings. The second-order valence-corrected chi connectivity index (χ2v) is 5.29. The lowest BCUT2D eigenvalue weighted by atomic mass is 10.2. The molecule has 1 saturated heterocycles. The lowest BCUT2D eigenvalue weighted by molar-refractivity contribution is 0.332. The molecule has 0 N–H and O–H groups in total. The number of aromatic nitrogens is 1. The highest BCUT2D eigenvalue weighted by Gasteiger charge is 2.19. The Morgan fingerprint density at radius 3 is 3.07 bits per heavy atom. The largest absolute Gasteiger partial charge is 0.298 e. The van der Waals surface area contributed by atoms with Gasteiger partial charge in [-0.25, -0.2) is 0 Å². The van der Waals surface area contributed by atoms with Gasteiger partial charge in [0.1, 0.15) is 0 Å². The maximum atomic E-state index is 4.21. The van der Waals surface area contributed by atoms with Crippen LogP contribution in [-0.4, -0.2) is 27.8 Å². The van der Waals surface area contributed by atoms with Crippen molar-refractivity contribution < 1.29 is 0 Å². The summed E-state index contributed by atoms with van der Waals surface area (Å²) in [5.41, 5.74) is 2.57. The Balaban J connectivity index is 1.97. The van der Waals surface area contributed by atoms with Crippen molar-refractivity contribution in [2.45, 2.75) is 24.7 Å². The number of halogens is 1. The highest BCUT2D eigenvalue weighted by atomic mass is 79.9. The number of aryl methyl sites for hydroxylation is 1. The van der Waals surface area contributed by atoms with Gasteiger partial charge in [0, 0.05) is 30.3 Å². The van der Waals surface area contributed by atoms with Gasteiger partial charge in [0.05, 0.1) is 0 Å². The lowest BCUT2D eigenvalue weighted by Gasteiger charge is -2.14. The summed E-state index contributed by atoms with van der Waals surface area (Å²) in [6.45, 7) is 5.49. The minimum absolute atomic E-state index is 0.681. The molecular formula is C11H15BrN2. The molecule has 0 bridgehead atoms. The van der Waals surface area contributed by atoms with Gasteiger partial charge >= 0.3 is 0 Å². The number of pyridine rings is 1. The molecule has 0 radical (unpaired) electrons. The summed E-state index contributed by atoms with van der Waals surface area (Å²) in [7, 11) is 0. The zero-order valence-electron chi connectivity index (χ0n) is 8.41. The molecule has 1 aromatic heterocycles. The fourth-order valence-electron chi connectivity index (χ4n) is 1.89. The summed E-state index contributed by atoms with van der Waals surface area (Å²) in [4.78, 5) is 7.36. The van der Waals surface area contributed by atoms with E-state index in [2.05, 4.69) is 38.8 Å². The fourth-order valence-corrected chi connectivity index (χ4v) is 2.51. The van der Waals surface area contributed by atoms with E-state index in [1.165, 1.54) is 24.1 Å². The van der Waals surface area contributed by atoms with Crippen molar-refractivity contribution in [2.75, 3.05) is 13.1 Å². The number of alkyl halides is 1. The van der Waals surface area contributed by atoms with Gasteiger partial charge in [0.2, 0.25) is 0 Å². The summed E-state index contributed by atoms with van der Waals surface area (Å²) in [5, 5.41) is 0. The number of likely N-dealkylation sites (tertiary alicyclic amines) is 1. The first-order chi connectivity index (χ1) is 6.74. The highest BCUT2D eigenvalue weighted by molar-refractivity contribution is 9.09. The van der Waals surface area contributed by atoms with Gasteiger partial charge in [0.15, 0.2) is 0 Å². The smallest absolute Gasteiger partial charge is 0.0313 e. The van der Waals surface area contributed by atoms with Crippen molar-refractivity contribution in [1.29, 1.82) is 0 Å². The molecule has 76 valence electrons. The topological polar surface area (TPSA) is 16.1 Å². The molecule has 2 heterocycles. The van der Waals surface area contributed by atoms with Gasteiger partial charge in [-0.3, -0.25) is 9.88 Å². The van der Waals surface area contributed by atoms with Crippen LogP contribution in [0.15, 0.2) is 18.5 Å². The number of hydrogen-bond acceptors (Lipinski definition) is 2. The van der Waals surface area contributed by atoms with Crippen molar-refractivity contribution in [2.24, 2.45) is 0 Å². The molecule has 1 atom stereocenters. The van der Waals surface area contributed by atoms with Crippen LogP contribution in [-0.2, 0) is 6.54 Å². The summed E-state index contributed by atoms with van der Waals surface area (Å²) in [5.74, 6) is 0. The van der Waals surface area contributed by atoms with Gasteiger partial charge < -0.3 is 0 Å². The molecular weight excluding hydrogens is 240 g/mol. The normalized spacial score (nSPS) is 22.9. The monoisotopic (exact) mass is 254 g/mol. The zero-order valence-corrected chi connectivity index (χ0v) is 10.00. The van der Waals surface area contributed by atoms with Crippen LogP contribution in [0.3, 0.4) is 0 Å². The quantitative estimate of drug-likeness (QED) is 0.754. The van der Waals surface area contributed by atoms with Gasteiger partial charge in [-0.05, 0) is 31.0 Å². The Kier molecular flexibility index (Phi) is 3.19. The molecule has 1 unspecified atom stereocenters. The Morgan fingerprint density at radius 1 is 1.57 bits per heavy atom. The molecule has 1 aliphatic heterocycles. The number of hydrogen-bond donors (Lipinski definition) is 0. The first kappa shape index (κ1) is 10.1. The maximum Gasteiger partial charge on any atom is 0.0313 e. The van der Waals surface area contributed by atoms with Crippen molar-refractivity contribution in [3.63, 3.8) is 0 Å². The van der Waals surface area contributed by atoms with Crippen LogP contribution in [0.2, 0.25) is 0 Å². The van der Waals surface area contributed by atoms with Crippen LogP contribution < -0.4 is 0 Å². The van der Waals surface area contributed by atoms with E-state index in [-0.39, 0.29) is 0 Å². The second kappa shape index (κ2) is 4.41. The van der Waals surface area contributed by atoms with E-state index in [0.29, 0.717) is 4.83 Å². The first-order valence-corrected chi connectivity index (χ1v) is 5.92. The third-order valence-electron chi connectivity index (χ3n) is 2.55. The molecule has 2 nitrogen and oxygen atoms in total. The number of rotatable bonds is 2. The minimum Gasteiger partial charge on any atom is -0.298 e. The van der Waals surface area contributed by atoms with Crippen molar-refractivity contribution >= 4 is 15.9 Å². The van der Waals surface area contributed by atoms with Crippen LogP contribution in [0, 0.1) is 6.92 Å². The third-order valence-corrected chi connectivity index (χ3v) is 3.30. The van der Waals surface area contributed by atoms with E-state index in [4.69, 9.17) is 0 Å². The summed E-state index contributed by atoms with van der Waals surface area (Å²) in [6, 6.07) is 2.22. The molecule has 1 aliphatic rings. The van der Waals surface area contributed by atoms with E-state index in [1.807, 2.05) is 12.4 Å². The molecule has 0 aromatic carbocycles. The molecule has 14 heavy (non-hydrogen) atoms. The minimum atomic E-state index is 0.681. The summed E-state index contributed by atoms with van der Waals surface area (Å²) in [6.07, 6.45) is 5.13. The van der Waals surface area contributed by atoms with Gasteiger partial charge in [-0.15, -0.1) is 0 Å². The molecule has 0 saturated carbocycles. The van der Waals surface area contributed by atoms with E-state index in [0.717, 1.165) is 13.1 Å². The Bertz CT molecular complexity index is 314.